The number of aryl methyl sites for hydroxylation is 2. The van der Waals surface area contributed by atoms with E-state index in [1.807, 2.05) is 0 Å². The minimum atomic E-state index is 0.167. The predicted octanol–water partition coefficient (Wildman–Crippen LogP) is 1.47. The number of aromatic nitrogens is 1. The van der Waals surface area contributed by atoms with Gasteiger partial charge in [0.25, 0.3) is 0 Å². The lowest BCUT2D eigenvalue weighted by Crippen LogP contribution is -2.31. The molecule has 0 amide bonds. The van der Waals surface area contributed by atoms with Crippen molar-refractivity contribution in [1.82, 2.24) is 4.98 Å². The number of nitrogens with zero attached hydrogens (tertiary/aromatic N) is 1. The number of rotatable bonds is 3. The lowest BCUT2D eigenvalue weighted by Gasteiger charge is -2.16. The summed E-state index contributed by atoms with van der Waals surface area (Å²) in [5, 5.41) is 3.47. The van der Waals surface area contributed by atoms with Crippen LogP contribution in [0.15, 0.2) is 12.1 Å². The van der Waals surface area contributed by atoms with Gasteiger partial charge in [0.2, 0.25) is 0 Å². The van der Waals surface area contributed by atoms with Gasteiger partial charge in [-0.3, -0.25) is 0 Å². The third-order valence-corrected chi connectivity index (χ3v) is 3.57. The van der Waals surface area contributed by atoms with Crippen molar-refractivity contribution in [3.63, 3.8) is 0 Å². The molecule has 0 aromatic carbocycles. The summed E-state index contributed by atoms with van der Waals surface area (Å²) in [4.78, 5) is 4.66. The average molecular weight is 203 g/mol. The summed E-state index contributed by atoms with van der Waals surface area (Å²) in [6, 6.07) is 4.31. The average Bonchev–Trinajstić information content (AvgIpc) is 2.88. The van der Waals surface area contributed by atoms with E-state index in [-0.39, 0.29) is 5.54 Å². The molecule has 1 aromatic heterocycles. The Morgan fingerprint density at radius 1 is 1.33 bits per heavy atom. The molecule has 15 heavy (non-hydrogen) atoms. The van der Waals surface area contributed by atoms with Gasteiger partial charge >= 0.3 is 0 Å². The molecule has 2 aliphatic carbocycles. The molecule has 2 aliphatic rings. The summed E-state index contributed by atoms with van der Waals surface area (Å²) in [6.45, 7) is 0.714. The smallest absolute Gasteiger partial charge is 0.126 e. The van der Waals surface area contributed by atoms with Crippen LogP contribution in [0.2, 0.25) is 0 Å². The van der Waals surface area contributed by atoms with Crippen LogP contribution in [0.25, 0.3) is 0 Å². The maximum atomic E-state index is 5.74. The normalized spacial score (nSPS) is 21.1. The quantitative estimate of drug-likeness (QED) is 0.782. The Kier molecular flexibility index (Phi) is 1.96. The number of fused-ring (bicyclic) bond motifs is 1. The summed E-state index contributed by atoms with van der Waals surface area (Å²) in [5.74, 6) is 1.01. The number of nitrogens with one attached hydrogen (secondary N) is 1. The van der Waals surface area contributed by atoms with Gasteiger partial charge in [0.15, 0.2) is 0 Å². The van der Waals surface area contributed by atoms with Crippen molar-refractivity contribution < 1.29 is 0 Å². The second kappa shape index (κ2) is 3.20. The molecule has 0 aliphatic heterocycles. The van der Waals surface area contributed by atoms with Crippen LogP contribution >= 0.6 is 0 Å². The summed E-state index contributed by atoms with van der Waals surface area (Å²) >= 11 is 0. The first-order valence-corrected chi connectivity index (χ1v) is 5.78. The largest absolute Gasteiger partial charge is 0.363 e. The van der Waals surface area contributed by atoms with Crippen LogP contribution in [0.5, 0.6) is 0 Å². The van der Waals surface area contributed by atoms with Gasteiger partial charge in [0.1, 0.15) is 5.82 Å². The SMILES string of the molecule is NCC1(Nc2ccc3c(n2)CCC3)CC1. The molecule has 3 N–H and O–H groups in total. The van der Waals surface area contributed by atoms with E-state index >= 15 is 0 Å². The summed E-state index contributed by atoms with van der Waals surface area (Å²) in [5.41, 5.74) is 8.62. The van der Waals surface area contributed by atoms with Crippen LogP contribution in [-0.2, 0) is 12.8 Å². The van der Waals surface area contributed by atoms with Crippen molar-refractivity contribution >= 4 is 5.82 Å². The first kappa shape index (κ1) is 9.16. The Bertz CT molecular complexity index is 382. The number of hydrogen-bond acceptors (Lipinski definition) is 3. The molecule has 0 spiro atoms. The van der Waals surface area contributed by atoms with Gasteiger partial charge < -0.3 is 11.1 Å². The van der Waals surface area contributed by atoms with Gasteiger partial charge in [-0.25, -0.2) is 4.98 Å². The second-order valence-electron chi connectivity index (χ2n) is 4.77. The molecule has 1 fully saturated rings. The van der Waals surface area contributed by atoms with Gasteiger partial charge in [-0.05, 0) is 43.7 Å². The molecule has 0 radical (unpaired) electrons. The maximum absolute atomic E-state index is 5.74. The molecule has 1 aromatic rings. The van der Waals surface area contributed by atoms with Gasteiger partial charge in [-0.15, -0.1) is 0 Å². The van der Waals surface area contributed by atoms with E-state index in [9.17, 15) is 0 Å². The van der Waals surface area contributed by atoms with Crippen molar-refractivity contribution in [3.05, 3.63) is 23.4 Å². The molecular formula is C12H17N3. The van der Waals surface area contributed by atoms with Crippen LogP contribution in [0, 0.1) is 0 Å². The van der Waals surface area contributed by atoms with Crippen LogP contribution in [0.3, 0.4) is 0 Å². The van der Waals surface area contributed by atoms with Crippen LogP contribution in [0.4, 0.5) is 5.82 Å². The molecular weight excluding hydrogens is 186 g/mol. The third-order valence-electron chi connectivity index (χ3n) is 3.57. The number of anilines is 1. The van der Waals surface area contributed by atoms with Crippen molar-refractivity contribution in [2.24, 2.45) is 5.73 Å². The van der Waals surface area contributed by atoms with E-state index < -0.39 is 0 Å². The van der Waals surface area contributed by atoms with Crippen molar-refractivity contribution in [2.75, 3.05) is 11.9 Å². The van der Waals surface area contributed by atoms with E-state index in [2.05, 4.69) is 22.4 Å². The Morgan fingerprint density at radius 2 is 2.20 bits per heavy atom. The summed E-state index contributed by atoms with van der Waals surface area (Å²) in [7, 11) is 0. The summed E-state index contributed by atoms with van der Waals surface area (Å²) in [6.07, 6.45) is 5.96. The fourth-order valence-corrected chi connectivity index (χ4v) is 2.29. The van der Waals surface area contributed by atoms with Crippen molar-refractivity contribution in [2.45, 2.75) is 37.6 Å². The third kappa shape index (κ3) is 1.61. The number of nitrogens with two attached hydrogens (primary N) is 1. The summed E-state index contributed by atoms with van der Waals surface area (Å²) < 4.78 is 0. The van der Waals surface area contributed by atoms with Crippen molar-refractivity contribution in [3.8, 4) is 0 Å². The fraction of sp³-hybridized carbons (Fsp3) is 0.583. The van der Waals surface area contributed by atoms with Crippen molar-refractivity contribution in [1.29, 1.82) is 0 Å². The van der Waals surface area contributed by atoms with Gasteiger partial charge in [-0.1, -0.05) is 6.07 Å². The molecule has 3 heteroatoms. The highest BCUT2D eigenvalue weighted by atomic mass is 15.1. The Balaban J connectivity index is 1.81. The zero-order valence-corrected chi connectivity index (χ0v) is 8.92. The molecule has 3 rings (SSSR count). The lowest BCUT2D eigenvalue weighted by molar-refractivity contribution is 0.736. The molecule has 80 valence electrons. The van der Waals surface area contributed by atoms with E-state index in [1.54, 1.807) is 0 Å². The first-order chi connectivity index (χ1) is 7.31. The Morgan fingerprint density at radius 3 is 2.93 bits per heavy atom. The molecule has 0 saturated heterocycles. The number of hydrogen-bond donors (Lipinski definition) is 2. The lowest BCUT2D eigenvalue weighted by atomic mass is 10.2. The van der Waals surface area contributed by atoms with Gasteiger partial charge in [0, 0.05) is 12.2 Å². The minimum Gasteiger partial charge on any atom is -0.363 e. The molecule has 0 atom stereocenters. The minimum absolute atomic E-state index is 0.167. The van der Waals surface area contributed by atoms with E-state index in [0.29, 0.717) is 6.54 Å². The highest BCUT2D eigenvalue weighted by Crippen LogP contribution is 2.37. The maximum Gasteiger partial charge on any atom is 0.126 e. The molecule has 0 unspecified atom stereocenters. The number of pyridine rings is 1. The standard InChI is InChI=1S/C12H17N3/c13-8-12(6-7-12)15-11-5-4-9-2-1-3-10(9)14-11/h4-5H,1-3,6-8,13H2,(H,14,15). The zero-order chi connectivity index (χ0) is 10.3. The van der Waals surface area contributed by atoms with Crippen LogP contribution < -0.4 is 11.1 Å². The predicted molar refractivity (Wildman–Crippen MR) is 60.9 cm³/mol. The highest BCUT2D eigenvalue weighted by molar-refractivity contribution is 5.44. The zero-order valence-electron chi connectivity index (χ0n) is 8.92. The Hall–Kier alpha value is -1.09. The fourth-order valence-electron chi connectivity index (χ4n) is 2.29. The monoisotopic (exact) mass is 203 g/mol. The molecule has 0 bridgehead atoms. The van der Waals surface area contributed by atoms with E-state index in [0.717, 1.165) is 12.2 Å². The second-order valence-corrected chi connectivity index (χ2v) is 4.77. The molecule has 1 heterocycles. The van der Waals surface area contributed by atoms with Gasteiger partial charge in [0.05, 0.1) is 5.54 Å². The topological polar surface area (TPSA) is 50.9 Å². The molecule has 3 nitrogen and oxygen atoms in total. The highest BCUT2D eigenvalue weighted by Gasteiger charge is 2.41. The van der Waals surface area contributed by atoms with Crippen LogP contribution in [0.1, 0.15) is 30.5 Å². The van der Waals surface area contributed by atoms with E-state index in [1.165, 1.54) is 36.9 Å². The molecule has 1 saturated carbocycles. The Labute approximate surface area is 90.1 Å². The van der Waals surface area contributed by atoms with E-state index in [4.69, 9.17) is 5.73 Å². The van der Waals surface area contributed by atoms with Crippen LogP contribution in [-0.4, -0.2) is 17.1 Å². The van der Waals surface area contributed by atoms with Gasteiger partial charge in [-0.2, -0.15) is 0 Å². The first-order valence-electron chi connectivity index (χ1n) is 5.78.